The van der Waals surface area contributed by atoms with Crippen molar-refractivity contribution in [1.29, 1.82) is 0 Å². The molecular formula is C14H28N2S. The van der Waals surface area contributed by atoms with Crippen molar-refractivity contribution in [3.8, 4) is 0 Å². The summed E-state index contributed by atoms with van der Waals surface area (Å²) in [4.78, 5) is 2.74. The smallest absolute Gasteiger partial charge is 0.0422 e. The van der Waals surface area contributed by atoms with Crippen LogP contribution in [0.25, 0.3) is 0 Å². The van der Waals surface area contributed by atoms with E-state index >= 15 is 0 Å². The lowest BCUT2D eigenvalue weighted by Gasteiger charge is -2.45. The van der Waals surface area contributed by atoms with Crippen LogP contribution in [0.15, 0.2) is 0 Å². The highest BCUT2D eigenvalue weighted by molar-refractivity contribution is 7.99. The quantitative estimate of drug-likeness (QED) is 0.842. The molecule has 2 unspecified atom stereocenters. The first-order chi connectivity index (χ1) is 8.30. The van der Waals surface area contributed by atoms with Gasteiger partial charge in [0, 0.05) is 17.8 Å². The molecule has 0 aliphatic carbocycles. The minimum absolute atomic E-state index is 0.339. The van der Waals surface area contributed by atoms with Crippen LogP contribution in [0.5, 0.6) is 0 Å². The maximum absolute atomic E-state index is 6.13. The van der Waals surface area contributed by atoms with Crippen molar-refractivity contribution in [3.63, 3.8) is 0 Å². The van der Waals surface area contributed by atoms with Gasteiger partial charge < -0.3 is 5.73 Å². The second-order valence-corrected chi connectivity index (χ2v) is 6.88. The van der Waals surface area contributed by atoms with Gasteiger partial charge in [0.05, 0.1) is 0 Å². The van der Waals surface area contributed by atoms with Gasteiger partial charge in [0.1, 0.15) is 0 Å². The number of thioether (sulfide) groups is 1. The molecular weight excluding hydrogens is 228 g/mol. The van der Waals surface area contributed by atoms with Gasteiger partial charge in [-0.15, -0.1) is 0 Å². The van der Waals surface area contributed by atoms with Crippen LogP contribution >= 0.6 is 11.8 Å². The SMILES string of the molecule is CCC1CCCN(C2(CN)CCCSC2)CC1. The fourth-order valence-electron chi connectivity index (χ4n) is 3.43. The Morgan fingerprint density at radius 2 is 2.18 bits per heavy atom. The fourth-order valence-corrected chi connectivity index (χ4v) is 4.74. The molecule has 2 saturated heterocycles. The Balaban J connectivity index is 1.98. The van der Waals surface area contributed by atoms with Gasteiger partial charge in [-0.05, 0) is 56.9 Å². The number of hydrogen-bond acceptors (Lipinski definition) is 3. The Labute approximate surface area is 111 Å². The van der Waals surface area contributed by atoms with Crippen molar-refractivity contribution in [3.05, 3.63) is 0 Å². The van der Waals surface area contributed by atoms with Crippen molar-refractivity contribution in [1.82, 2.24) is 4.90 Å². The lowest BCUT2D eigenvalue weighted by atomic mass is 9.92. The first kappa shape index (κ1) is 13.7. The lowest BCUT2D eigenvalue weighted by molar-refractivity contribution is 0.105. The van der Waals surface area contributed by atoms with Crippen LogP contribution in [-0.4, -0.2) is 41.6 Å². The van der Waals surface area contributed by atoms with Crippen LogP contribution < -0.4 is 5.73 Å². The van der Waals surface area contributed by atoms with E-state index in [1.807, 2.05) is 0 Å². The monoisotopic (exact) mass is 256 g/mol. The third-order valence-corrected chi connectivity index (χ3v) is 6.10. The highest BCUT2D eigenvalue weighted by Gasteiger charge is 2.37. The van der Waals surface area contributed by atoms with E-state index < -0.39 is 0 Å². The number of rotatable bonds is 3. The van der Waals surface area contributed by atoms with Gasteiger partial charge in [0.2, 0.25) is 0 Å². The molecule has 0 saturated carbocycles. The predicted molar refractivity (Wildman–Crippen MR) is 77.5 cm³/mol. The highest BCUT2D eigenvalue weighted by atomic mass is 32.2. The molecule has 0 bridgehead atoms. The second-order valence-electron chi connectivity index (χ2n) is 5.78. The van der Waals surface area contributed by atoms with Gasteiger partial charge in [-0.25, -0.2) is 0 Å². The van der Waals surface area contributed by atoms with E-state index in [2.05, 4.69) is 23.6 Å². The molecule has 17 heavy (non-hydrogen) atoms. The Hall–Kier alpha value is 0.270. The maximum atomic E-state index is 6.13. The van der Waals surface area contributed by atoms with Gasteiger partial charge in [0.15, 0.2) is 0 Å². The standard InChI is InChI=1S/C14H28N2S/c1-2-13-5-3-8-16(9-6-13)14(11-15)7-4-10-17-12-14/h13H,2-12,15H2,1H3. The molecule has 3 heteroatoms. The van der Waals surface area contributed by atoms with Crippen molar-refractivity contribution < 1.29 is 0 Å². The molecule has 2 nitrogen and oxygen atoms in total. The minimum Gasteiger partial charge on any atom is -0.329 e. The zero-order chi connectivity index (χ0) is 12.1. The largest absolute Gasteiger partial charge is 0.329 e. The summed E-state index contributed by atoms with van der Waals surface area (Å²) < 4.78 is 0. The van der Waals surface area contributed by atoms with Crippen molar-refractivity contribution >= 4 is 11.8 Å². The zero-order valence-corrected chi connectivity index (χ0v) is 12.1. The Bertz CT molecular complexity index is 226. The second kappa shape index (κ2) is 6.44. The summed E-state index contributed by atoms with van der Waals surface area (Å²) in [5.41, 5.74) is 6.47. The van der Waals surface area contributed by atoms with Crippen molar-refractivity contribution in [2.24, 2.45) is 11.7 Å². The average Bonchev–Trinajstić information content (AvgIpc) is 2.65. The van der Waals surface area contributed by atoms with E-state index in [-0.39, 0.29) is 0 Å². The van der Waals surface area contributed by atoms with Gasteiger partial charge in [-0.1, -0.05) is 13.3 Å². The minimum atomic E-state index is 0.339. The molecule has 0 radical (unpaired) electrons. The molecule has 2 N–H and O–H groups in total. The topological polar surface area (TPSA) is 29.3 Å². The Morgan fingerprint density at radius 3 is 2.82 bits per heavy atom. The maximum Gasteiger partial charge on any atom is 0.0422 e. The van der Waals surface area contributed by atoms with E-state index in [4.69, 9.17) is 5.73 Å². The number of likely N-dealkylation sites (tertiary alicyclic amines) is 1. The Kier molecular flexibility index (Phi) is 5.19. The average molecular weight is 256 g/mol. The molecule has 0 amide bonds. The van der Waals surface area contributed by atoms with Gasteiger partial charge in [0.25, 0.3) is 0 Å². The fraction of sp³-hybridized carbons (Fsp3) is 1.00. The van der Waals surface area contributed by atoms with E-state index in [0.29, 0.717) is 5.54 Å². The molecule has 0 aromatic carbocycles. The summed E-state index contributed by atoms with van der Waals surface area (Å²) in [5, 5.41) is 0. The number of nitrogens with zero attached hydrogens (tertiary/aromatic N) is 1. The summed E-state index contributed by atoms with van der Waals surface area (Å²) >= 11 is 2.11. The first-order valence-electron chi connectivity index (χ1n) is 7.33. The summed E-state index contributed by atoms with van der Waals surface area (Å²) in [6, 6.07) is 0. The van der Waals surface area contributed by atoms with Gasteiger partial charge in [-0.2, -0.15) is 11.8 Å². The van der Waals surface area contributed by atoms with Crippen LogP contribution in [0.4, 0.5) is 0 Å². The normalized spacial score (nSPS) is 36.7. The lowest BCUT2D eigenvalue weighted by Crippen LogP contribution is -2.57. The van der Waals surface area contributed by atoms with Crippen LogP contribution in [0.3, 0.4) is 0 Å². The molecule has 100 valence electrons. The van der Waals surface area contributed by atoms with Gasteiger partial charge in [-0.3, -0.25) is 4.90 Å². The summed E-state index contributed by atoms with van der Waals surface area (Å²) in [5.74, 6) is 3.57. The molecule has 2 heterocycles. The van der Waals surface area contributed by atoms with E-state index in [0.717, 1.165) is 12.5 Å². The van der Waals surface area contributed by atoms with Crippen LogP contribution in [0, 0.1) is 5.92 Å². The number of nitrogens with two attached hydrogens (primary N) is 1. The van der Waals surface area contributed by atoms with Crippen LogP contribution in [0.1, 0.15) is 45.4 Å². The molecule has 2 fully saturated rings. The summed E-state index contributed by atoms with van der Waals surface area (Å²) in [6.45, 7) is 5.77. The molecule has 2 aliphatic heterocycles. The molecule has 2 atom stereocenters. The van der Waals surface area contributed by atoms with E-state index in [9.17, 15) is 0 Å². The Morgan fingerprint density at radius 1 is 1.29 bits per heavy atom. The molecule has 0 spiro atoms. The predicted octanol–water partition coefficient (Wildman–Crippen LogP) is 2.72. The van der Waals surface area contributed by atoms with Gasteiger partial charge >= 0.3 is 0 Å². The highest BCUT2D eigenvalue weighted by Crippen LogP contribution is 2.34. The van der Waals surface area contributed by atoms with Crippen molar-refractivity contribution in [2.75, 3.05) is 31.1 Å². The van der Waals surface area contributed by atoms with Crippen molar-refractivity contribution in [2.45, 2.75) is 51.0 Å². The zero-order valence-electron chi connectivity index (χ0n) is 11.3. The molecule has 2 rings (SSSR count). The number of hydrogen-bond donors (Lipinski definition) is 1. The molecule has 0 aromatic heterocycles. The van der Waals surface area contributed by atoms with Crippen LogP contribution in [-0.2, 0) is 0 Å². The van der Waals surface area contributed by atoms with E-state index in [1.54, 1.807) is 0 Å². The molecule has 2 aliphatic rings. The summed E-state index contributed by atoms with van der Waals surface area (Å²) in [6.07, 6.45) is 8.25. The third kappa shape index (κ3) is 3.18. The third-order valence-electron chi connectivity index (χ3n) is 4.78. The summed E-state index contributed by atoms with van der Waals surface area (Å²) in [7, 11) is 0. The van der Waals surface area contributed by atoms with E-state index in [1.165, 1.54) is 63.1 Å². The molecule has 0 aromatic rings. The van der Waals surface area contributed by atoms with Crippen LogP contribution in [0.2, 0.25) is 0 Å². The first-order valence-corrected chi connectivity index (χ1v) is 8.49.